The van der Waals surface area contributed by atoms with Crippen molar-refractivity contribution in [2.45, 2.75) is 32.5 Å². The highest BCUT2D eigenvalue weighted by Crippen LogP contribution is 2.14. The molecule has 0 unspecified atom stereocenters. The normalized spacial score (nSPS) is 11.3. The summed E-state index contributed by atoms with van der Waals surface area (Å²) < 4.78 is 20.5. The van der Waals surface area contributed by atoms with Crippen molar-refractivity contribution in [3.05, 3.63) is 18.7 Å². The number of imidazole rings is 1. The SMILES string of the molecule is CCn1cc[n+](CCC[Si](OC)(OC)OC)c1.[Cl-]. The summed E-state index contributed by atoms with van der Waals surface area (Å²) in [6, 6.07) is 0.834. The van der Waals surface area contributed by atoms with E-state index in [0.29, 0.717) is 0 Å². The predicted molar refractivity (Wildman–Crippen MR) is 66.5 cm³/mol. The van der Waals surface area contributed by atoms with Gasteiger partial charge in [-0.25, -0.2) is 9.13 Å². The first-order valence-electron chi connectivity index (χ1n) is 5.90. The fraction of sp³-hybridized carbons (Fsp3) is 0.727. The highest BCUT2D eigenvalue weighted by molar-refractivity contribution is 6.60. The van der Waals surface area contributed by atoms with Crippen molar-refractivity contribution in [3.8, 4) is 0 Å². The van der Waals surface area contributed by atoms with Gasteiger partial charge in [-0.3, -0.25) is 0 Å². The summed E-state index contributed by atoms with van der Waals surface area (Å²) in [7, 11) is 2.57. The van der Waals surface area contributed by atoms with E-state index in [1.54, 1.807) is 21.3 Å². The van der Waals surface area contributed by atoms with Crippen LogP contribution in [0.1, 0.15) is 13.3 Å². The minimum atomic E-state index is -2.39. The summed E-state index contributed by atoms with van der Waals surface area (Å²) in [6.45, 7) is 4.08. The number of halogens is 1. The second-order valence-corrected chi connectivity index (χ2v) is 6.97. The molecule has 0 N–H and O–H groups in total. The topological polar surface area (TPSA) is 36.5 Å². The smallest absolute Gasteiger partial charge is 0.500 e. The van der Waals surface area contributed by atoms with Crippen LogP contribution in [0.5, 0.6) is 0 Å². The molecule has 1 aromatic rings. The van der Waals surface area contributed by atoms with Gasteiger partial charge in [0.15, 0.2) is 0 Å². The number of rotatable bonds is 8. The average molecular weight is 295 g/mol. The van der Waals surface area contributed by atoms with E-state index < -0.39 is 8.80 Å². The largest absolute Gasteiger partial charge is 1.00 e. The van der Waals surface area contributed by atoms with Crippen LogP contribution >= 0.6 is 0 Å². The molecule has 1 aromatic heterocycles. The van der Waals surface area contributed by atoms with Crippen molar-refractivity contribution in [3.63, 3.8) is 0 Å². The van der Waals surface area contributed by atoms with Crippen LogP contribution in [0.2, 0.25) is 6.04 Å². The van der Waals surface area contributed by atoms with Gasteiger partial charge in [0.05, 0.1) is 13.1 Å². The molecule has 0 amide bonds. The Bertz CT molecular complexity index is 324. The minimum Gasteiger partial charge on any atom is -1.00 e. The van der Waals surface area contributed by atoms with Crippen LogP contribution in [-0.2, 0) is 26.4 Å². The van der Waals surface area contributed by atoms with Gasteiger partial charge in [0.2, 0.25) is 6.33 Å². The maximum Gasteiger partial charge on any atom is 0.500 e. The molecule has 7 heteroatoms. The zero-order valence-electron chi connectivity index (χ0n) is 11.6. The van der Waals surface area contributed by atoms with Gasteiger partial charge in [-0.1, -0.05) is 0 Å². The van der Waals surface area contributed by atoms with Crippen molar-refractivity contribution in [2.75, 3.05) is 21.3 Å². The van der Waals surface area contributed by atoms with Gasteiger partial charge in [-0.15, -0.1) is 0 Å². The minimum absolute atomic E-state index is 0. The summed E-state index contributed by atoms with van der Waals surface area (Å²) in [5.41, 5.74) is 0. The molecule has 1 rings (SSSR count). The summed E-state index contributed by atoms with van der Waals surface area (Å²) >= 11 is 0. The Balaban J connectivity index is 0.00000289. The fourth-order valence-corrected chi connectivity index (χ4v) is 3.50. The average Bonchev–Trinajstić information content (AvgIpc) is 2.83. The lowest BCUT2D eigenvalue weighted by molar-refractivity contribution is -0.696. The molecule has 18 heavy (non-hydrogen) atoms. The van der Waals surface area contributed by atoms with E-state index in [-0.39, 0.29) is 12.4 Å². The highest BCUT2D eigenvalue weighted by Gasteiger charge is 2.37. The first kappa shape index (κ1) is 17.6. The molecule has 0 saturated heterocycles. The van der Waals surface area contributed by atoms with Crippen molar-refractivity contribution in [2.24, 2.45) is 0 Å². The summed E-state index contributed by atoms with van der Waals surface area (Å²) in [5, 5.41) is 0. The van der Waals surface area contributed by atoms with Gasteiger partial charge in [0.25, 0.3) is 0 Å². The Morgan fingerprint density at radius 2 is 1.78 bits per heavy atom. The van der Waals surface area contributed by atoms with Crippen molar-refractivity contribution in [1.29, 1.82) is 0 Å². The molecule has 1 heterocycles. The van der Waals surface area contributed by atoms with Crippen molar-refractivity contribution < 1.29 is 30.3 Å². The molecule has 0 aliphatic carbocycles. The van der Waals surface area contributed by atoms with Crippen LogP contribution in [0.25, 0.3) is 0 Å². The number of hydrogen-bond donors (Lipinski definition) is 0. The third kappa shape index (κ3) is 4.70. The third-order valence-electron chi connectivity index (χ3n) is 2.94. The molecule has 0 radical (unpaired) electrons. The van der Waals surface area contributed by atoms with Crippen LogP contribution < -0.4 is 17.0 Å². The van der Waals surface area contributed by atoms with E-state index in [1.165, 1.54) is 0 Å². The monoisotopic (exact) mass is 294 g/mol. The maximum absolute atomic E-state index is 5.38. The Kier molecular flexibility index (Phi) is 8.46. The molecule has 0 aromatic carbocycles. The molecule has 5 nitrogen and oxygen atoms in total. The first-order chi connectivity index (χ1) is 8.19. The zero-order valence-corrected chi connectivity index (χ0v) is 13.3. The van der Waals surface area contributed by atoms with Crippen molar-refractivity contribution in [1.82, 2.24) is 4.57 Å². The van der Waals surface area contributed by atoms with E-state index in [1.807, 2.05) is 0 Å². The quantitative estimate of drug-likeness (QED) is 0.414. The summed E-state index contributed by atoms with van der Waals surface area (Å²) in [6.07, 6.45) is 7.25. The first-order valence-corrected chi connectivity index (χ1v) is 7.83. The molecule has 0 fully saturated rings. The van der Waals surface area contributed by atoms with E-state index in [9.17, 15) is 0 Å². The van der Waals surface area contributed by atoms with Gasteiger partial charge in [0, 0.05) is 27.4 Å². The van der Waals surface area contributed by atoms with E-state index in [0.717, 1.165) is 25.6 Å². The lowest BCUT2D eigenvalue weighted by Crippen LogP contribution is -3.00. The molecular weight excluding hydrogens is 272 g/mol. The van der Waals surface area contributed by atoms with Crippen LogP contribution in [-0.4, -0.2) is 34.7 Å². The Morgan fingerprint density at radius 3 is 2.22 bits per heavy atom. The lowest BCUT2D eigenvalue weighted by atomic mass is 10.5. The Hall–Kier alpha value is -0.403. The molecule has 106 valence electrons. The maximum atomic E-state index is 5.38. The van der Waals surface area contributed by atoms with Crippen LogP contribution in [0, 0.1) is 0 Å². The predicted octanol–water partition coefficient (Wildman–Crippen LogP) is -1.93. The molecule has 0 aliphatic rings. The van der Waals surface area contributed by atoms with Crippen LogP contribution in [0.15, 0.2) is 18.7 Å². The zero-order chi connectivity index (χ0) is 12.7. The highest BCUT2D eigenvalue weighted by atomic mass is 35.5. The van der Waals surface area contributed by atoms with E-state index in [4.69, 9.17) is 13.3 Å². The lowest BCUT2D eigenvalue weighted by Gasteiger charge is -2.23. The molecule has 0 atom stereocenters. The molecule has 0 saturated carbocycles. The third-order valence-corrected chi connectivity index (χ3v) is 5.78. The standard InChI is InChI=1S/C11H23N2O3Si.ClH/c1-5-12-8-9-13(11-12)7-6-10-17(14-2,15-3)16-4;/h8-9,11H,5-7,10H2,1-4H3;1H/q+1;/p-1. The fourth-order valence-electron chi connectivity index (χ4n) is 1.79. The van der Waals surface area contributed by atoms with Gasteiger partial charge >= 0.3 is 8.80 Å². The van der Waals surface area contributed by atoms with Crippen LogP contribution in [0.4, 0.5) is 0 Å². The van der Waals surface area contributed by atoms with E-state index >= 15 is 0 Å². The molecule has 0 bridgehead atoms. The second kappa shape index (κ2) is 8.66. The van der Waals surface area contributed by atoms with Gasteiger partial charge in [-0.2, -0.15) is 0 Å². The molecule has 0 spiro atoms. The van der Waals surface area contributed by atoms with E-state index in [2.05, 4.69) is 34.8 Å². The van der Waals surface area contributed by atoms with Gasteiger partial charge < -0.3 is 25.7 Å². The number of aryl methyl sites for hydroxylation is 2. The summed E-state index contributed by atoms with van der Waals surface area (Å²) in [4.78, 5) is 0. The van der Waals surface area contributed by atoms with Gasteiger partial charge in [0.1, 0.15) is 12.4 Å². The number of hydrogen-bond acceptors (Lipinski definition) is 3. The molecular formula is C11H23ClN2O3Si. The van der Waals surface area contributed by atoms with Crippen LogP contribution in [0.3, 0.4) is 0 Å². The summed E-state index contributed by atoms with van der Waals surface area (Å²) in [5.74, 6) is 0. The van der Waals surface area contributed by atoms with Gasteiger partial charge in [-0.05, 0) is 13.3 Å². The number of aromatic nitrogens is 2. The molecule has 0 aliphatic heterocycles. The van der Waals surface area contributed by atoms with Crippen molar-refractivity contribution >= 4 is 8.80 Å². The number of nitrogens with zero attached hydrogens (tertiary/aromatic N) is 2. The Morgan fingerprint density at radius 1 is 1.17 bits per heavy atom. The Labute approximate surface area is 116 Å². The second-order valence-electron chi connectivity index (χ2n) is 3.88.